The summed E-state index contributed by atoms with van der Waals surface area (Å²) in [5, 5.41) is 3.86. The molecule has 0 aliphatic heterocycles. The second kappa shape index (κ2) is 11.3. The minimum Gasteiger partial charge on any atom is -1.00 e. The van der Waals surface area contributed by atoms with Crippen molar-refractivity contribution in [3.63, 3.8) is 0 Å². The topological polar surface area (TPSA) is 26.3 Å². The van der Waals surface area contributed by atoms with E-state index in [0.717, 1.165) is 6.29 Å². The van der Waals surface area contributed by atoms with Gasteiger partial charge in [0.25, 0.3) is 0 Å². The summed E-state index contributed by atoms with van der Waals surface area (Å²) < 4.78 is 5.89. The van der Waals surface area contributed by atoms with E-state index in [2.05, 4.69) is 72.8 Å². The molecule has 1 atom stereocenters. The smallest absolute Gasteiger partial charge is 0.124 e. The zero-order chi connectivity index (χ0) is 19.0. The third kappa shape index (κ3) is 4.60. The highest BCUT2D eigenvalue weighted by molar-refractivity contribution is 7.96. The van der Waals surface area contributed by atoms with Crippen molar-refractivity contribution in [3.8, 4) is 0 Å². The van der Waals surface area contributed by atoms with Gasteiger partial charge in [-0.2, -0.15) is 0 Å². The Morgan fingerprint density at radius 1 is 0.786 bits per heavy atom. The summed E-state index contributed by atoms with van der Waals surface area (Å²) in [5.41, 5.74) is 0.0992. The van der Waals surface area contributed by atoms with E-state index >= 15 is 0 Å². The van der Waals surface area contributed by atoms with Crippen LogP contribution in [0, 0.1) is 0 Å². The fraction of sp³-hybridized carbons (Fsp3) is 0.208. The molecule has 0 saturated carbocycles. The number of carbonyl (C=O) groups excluding carboxylic acids is 1. The van der Waals surface area contributed by atoms with Crippen molar-refractivity contribution in [2.45, 2.75) is 19.0 Å². The maximum Gasteiger partial charge on any atom is 0.124 e. The molecule has 2 nitrogen and oxygen atoms in total. The van der Waals surface area contributed by atoms with Gasteiger partial charge in [-0.25, -0.2) is 0 Å². The Kier molecular flexibility index (Phi) is 9.05. The molecular weight excluding hydrogens is 431 g/mol. The normalized spacial score (nSPS) is 12.0. The lowest BCUT2D eigenvalue weighted by Gasteiger charge is -2.34. The second-order valence-electron chi connectivity index (χ2n) is 6.45. The van der Waals surface area contributed by atoms with Gasteiger partial charge in [-0.1, -0.05) is 54.6 Å². The largest absolute Gasteiger partial charge is 1.00 e. The lowest BCUT2D eigenvalue weighted by atomic mass is 10.3. The van der Waals surface area contributed by atoms with Crippen molar-refractivity contribution < 1.29 is 26.5 Å². The zero-order valence-electron chi connectivity index (χ0n) is 16.1. The van der Waals surface area contributed by atoms with E-state index in [4.69, 9.17) is 4.74 Å². The fourth-order valence-corrected chi connectivity index (χ4v) is 8.59. The molecule has 0 bridgehead atoms. The first-order valence-electron chi connectivity index (χ1n) is 9.41. The van der Waals surface area contributed by atoms with E-state index in [9.17, 15) is 4.79 Å². The molecule has 0 aromatic heterocycles. The predicted molar refractivity (Wildman–Crippen MR) is 116 cm³/mol. The number of halogens is 1. The van der Waals surface area contributed by atoms with E-state index in [1.165, 1.54) is 15.9 Å². The maximum atomic E-state index is 11.7. The molecule has 0 aliphatic carbocycles. The summed E-state index contributed by atoms with van der Waals surface area (Å²) in [6, 6.07) is 31.9. The molecule has 0 fully saturated rings. The Morgan fingerprint density at radius 2 is 1.18 bits per heavy atom. The minimum atomic E-state index is -2.07. The average molecular weight is 457 g/mol. The monoisotopic (exact) mass is 456 g/mol. The summed E-state index contributed by atoms with van der Waals surface area (Å²) in [5.74, 6) is 0. The molecular formula is C24H26BrO2P. The van der Waals surface area contributed by atoms with Gasteiger partial charge in [-0.15, -0.1) is 0 Å². The first-order valence-corrected chi connectivity index (χ1v) is 11.3. The minimum absolute atomic E-state index is 0. The van der Waals surface area contributed by atoms with Crippen LogP contribution < -0.4 is 32.9 Å². The van der Waals surface area contributed by atoms with Gasteiger partial charge < -0.3 is 26.5 Å². The molecule has 28 heavy (non-hydrogen) atoms. The lowest BCUT2D eigenvalue weighted by Crippen LogP contribution is -3.00. The third-order valence-corrected chi connectivity index (χ3v) is 9.71. The molecule has 0 heterocycles. The molecule has 3 rings (SSSR count). The third-order valence-electron chi connectivity index (χ3n) is 4.92. The molecule has 146 valence electrons. The van der Waals surface area contributed by atoms with Crippen molar-refractivity contribution in [2.24, 2.45) is 0 Å². The summed E-state index contributed by atoms with van der Waals surface area (Å²) in [7, 11) is -2.07. The zero-order valence-corrected chi connectivity index (χ0v) is 18.6. The molecule has 0 saturated heterocycles. The van der Waals surface area contributed by atoms with Gasteiger partial charge >= 0.3 is 0 Å². The molecule has 4 heteroatoms. The van der Waals surface area contributed by atoms with Gasteiger partial charge in [-0.05, 0) is 43.3 Å². The molecule has 0 N–H and O–H groups in total. The van der Waals surface area contributed by atoms with Gasteiger partial charge in [0.05, 0.1) is 6.61 Å². The van der Waals surface area contributed by atoms with Crippen LogP contribution >= 0.6 is 7.26 Å². The lowest BCUT2D eigenvalue weighted by molar-refractivity contribution is -0.108. The Bertz CT molecular complexity index is 728. The van der Waals surface area contributed by atoms with Gasteiger partial charge in [0.15, 0.2) is 0 Å². The van der Waals surface area contributed by atoms with E-state index < -0.39 is 7.26 Å². The van der Waals surface area contributed by atoms with Crippen LogP contribution in [0.4, 0.5) is 0 Å². The van der Waals surface area contributed by atoms with Crippen LogP contribution in [0.2, 0.25) is 0 Å². The van der Waals surface area contributed by atoms with E-state index in [0.29, 0.717) is 19.6 Å². The number of rotatable bonds is 9. The fourth-order valence-electron chi connectivity index (χ4n) is 3.77. The Hall–Kier alpha value is -1.80. The highest BCUT2D eigenvalue weighted by Crippen LogP contribution is 2.60. The molecule has 0 aliphatic rings. The van der Waals surface area contributed by atoms with Gasteiger partial charge in [0.1, 0.15) is 35.1 Å². The number of carbonyl (C=O) groups is 1. The van der Waals surface area contributed by atoms with Crippen LogP contribution in [0.3, 0.4) is 0 Å². The standard InChI is InChI=1S/C24H26O2P.BrH/c1-2-26-20-24(18-19-25)27(21-12-6-3-7-13-21,22-14-8-4-9-15-22)23-16-10-5-11-17-23;/h3-17,19,24H,2,18,20H2,1H3;1H/q+1;/p-1. The summed E-state index contributed by atoms with van der Waals surface area (Å²) in [6.07, 6.45) is 1.53. The Balaban J connectivity index is 0.00000280. The van der Waals surface area contributed by atoms with Crippen LogP contribution in [0.15, 0.2) is 91.0 Å². The van der Waals surface area contributed by atoms with Crippen LogP contribution in [-0.2, 0) is 9.53 Å². The van der Waals surface area contributed by atoms with Crippen LogP contribution in [0.5, 0.6) is 0 Å². The van der Waals surface area contributed by atoms with Crippen molar-refractivity contribution in [2.75, 3.05) is 13.2 Å². The molecule has 3 aromatic carbocycles. The number of hydrogen-bond donors (Lipinski definition) is 0. The van der Waals surface area contributed by atoms with E-state index in [-0.39, 0.29) is 22.6 Å². The molecule has 3 aromatic rings. The van der Waals surface area contributed by atoms with E-state index in [1.807, 2.05) is 25.1 Å². The molecule has 1 unspecified atom stereocenters. The van der Waals surface area contributed by atoms with Crippen molar-refractivity contribution >= 4 is 29.5 Å². The van der Waals surface area contributed by atoms with Crippen molar-refractivity contribution in [1.29, 1.82) is 0 Å². The SMILES string of the molecule is CCOCC(CC=O)[P+](c1ccccc1)(c1ccccc1)c1ccccc1.[Br-]. The highest BCUT2D eigenvalue weighted by Gasteiger charge is 2.52. The van der Waals surface area contributed by atoms with Crippen molar-refractivity contribution in [3.05, 3.63) is 91.0 Å². The Labute approximate surface area is 179 Å². The second-order valence-corrected chi connectivity index (χ2v) is 10.2. The number of ether oxygens (including phenoxy) is 1. The molecule has 0 amide bonds. The summed E-state index contributed by atoms with van der Waals surface area (Å²) in [4.78, 5) is 11.7. The van der Waals surface area contributed by atoms with Gasteiger partial charge in [0, 0.05) is 13.0 Å². The molecule has 0 spiro atoms. The number of benzene rings is 3. The summed E-state index contributed by atoms with van der Waals surface area (Å²) >= 11 is 0. The number of aldehydes is 1. The quantitative estimate of drug-likeness (QED) is 0.354. The first-order chi connectivity index (χ1) is 13.3. The Morgan fingerprint density at radius 3 is 1.50 bits per heavy atom. The van der Waals surface area contributed by atoms with Crippen LogP contribution in [0.1, 0.15) is 13.3 Å². The average Bonchev–Trinajstić information content (AvgIpc) is 2.75. The summed E-state index contributed by atoms with van der Waals surface area (Å²) in [6.45, 7) is 3.22. The highest BCUT2D eigenvalue weighted by atomic mass is 79.9. The van der Waals surface area contributed by atoms with Gasteiger partial charge in [0.2, 0.25) is 0 Å². The van der Waals surface area contributed by atoms with E-state index in [1.54, 1.807) is 0 Å². The first kappa shape index (κ1) is 22.5. The van der Waals surface area contributed by atoms with Crippen LogP contribution in [0.25, 0.3) is 0 Å². The number of hydrogen-bond acceptors (Lipinski definition) is 2. The van der Waals surface area contributed by atoms with Crippen LogP contribution in [-0.4, -0.2) is 25.2 Å². The maximum absolute atomic E-state index is 11.7. The van der Waals surface area contributed by atoms with Gasteiger partial charge in [-0.3, -0.25) is 0 Å². The molecule has 0 radical (unpaired) electrons. The predicted octanol–water partition coefficient (Wildman–Crippen LogP) is 0.979. The van der Waals surface area contributed by atoms with Crippen molar-refractivity contribution in [1.82, 2.24) is 0 Å².